The van der Waals surface area contributed by atoms with Gasteiger partial charge in [-0.05, 0) is 28.1 Å². The summed E-state index contributed by atoms with van der Waals surface area (Å²) in [5.74, 6) is 1.78. The first-order valence-electron chi connectivity index (χ1n) is 6.49. The van der Waals surface area contributed by atoms with Gasteiger partial charge in [0.2, 0.25) is 5.95 Å². The quantitative estimate of drug-likeness (QED) is 0.849. The van der Waals surface area contributed by atoms with Gasteiger partial charge < -0.3 is 5.32 Å². The molecule has 2 aromatic rings. The molecular weight excluding hydrogens is 345 g/mol. The molecule has 0 saturated carbocycles. The van der Waals surface area contributed by atoms with Gasteiger partial charge in [0.15, 0.2) is 5.78 Å². The van der Waals surface area contributed by atoms with Crippen LogP contribution < -0.4 is 5.32 Å². The number of hydrogen-bond acceptors (Lipinski definition) is 6. The van der Waals surface area contributed by atoms with Gasteiger partial charge >= 0.3 is 0 Å². The maximum Gasteiger partial charge on any atom is 0.248 e. The number of halogens is 2. The van der Waals surface area contributed by atoms with Gasteiger partial charge in [-0.1, -0.05) is 34.4 Å². The monoisotopic (exact) mass is 353 g/mol. The number of thioether (sulfide) groups is 1. The number of ketones is 1. The number of carbonyl (C=O) groups excluding carboxylic acids is 1. The lowest BCUT2D eigenvalue weighted by atomic mass is 9.93. The van der Waals surface area contributed by atoms with Crippen molar-refractivity contribution in [2.45, 2.75) is 6.04 Å². The molecule has 0 bridgehead atoms. The van der Waals surface area contributed by atoms with Crippen LogP contribution in [0.3, 0.4) is 0 Å². The van der Waals surface area contributed by atoms with Gasteiger partial charge in [-0.15, -0.1) is 11.8 Å². The highest BCUT2D eigenvalue weighted by Crippen LogP contribution is 2.39. The first kappa shape index (κ1) is 14.0. The normalized spacial score (nSPS) is 20.5. The van der Waals surface area contributed by atoms with E-state index in [2.05, 4.69) is 20.8 Å². The molecule has 0 spiro atoms. The largest absolute Gasteiger partial charge is 0.325 e. The van der Waals surface area contributed by atoms with Crippen LogP contribution in [0.1, 0.15) is 11.6 Å². The molecule has 22 heavy (non-hydrogen) atoms. The standard InChI is InChI=1S/C13H9Cl2N5OS/c14-7-2-1-6(3-8(7)15)12-11-9(4-22-5-10(11)21)16-13-17-18-19-20(12)13/h1-3,12H,4-5H2,(H,16,17,19). The Kier molecular flexibility index (Phi) is 3.36. The fourth-order valence-electron chi connectivity index (χ4n) is 2.69. The second-order valence-corrected chi connectivity index (χ2v) is 6.76. The van der Waals surface area contributed by atoms with Crippen molar-refractivity contribution in [2.75, 3.05) is 16.8 Å². The summed E-state index contributed by atoms with van der Waals surface area (Å²) in [6.07, 6.45) is 0. The molecule has 1 aromatic carbocycles. The number of Topliss-reactive ketones (excluding diaryl/α,β-unsaturated/α-hetero) is 1. The summed E-state index contributed by atoms with van der Waals surface area (Å²) in [7, 11) is 0. The molecule has 2 aliphatic rings. The molecule has 3 heterocycles. The van der Waals surface area contributed by atoms with Crippen molar-refractivity contribution in [3.8, 4) is 0 Å². The number of fused-ring (bicyclic) bond motifs is 1. The molecule has 0 fully saturated rings. The highest BCUT2D eigenvalue weighted by atomic mass is 35.5. The average Bonchev–Trinajstić information content (AvgIpc) is 2.96. The van der Waals surface area contributed by atoms with Crippen molar-refractivity contribution in [3.63, 3.8) is 0 Å². The van der Waals surface area contributed by atoms with Crippen LogP contribution >= 0.6 is 35.0 Å². The summed E-state index contributed by atoms with van der Waals surface area (Å²) in [5.41, 5.74) is 2.38. The molecule has 4 rings (SSSR count). The zero-order valence-electron chi connectivity index (χ0n) is 11.1. The Hall–Kier alpha value is -1.57. The number of hydrogen-bond donors (Lipinski definition) is 1. The van der Waals surface area contributed by atoms with Crippen molar-refractivity contribution < 1.29 is 4.79 Å². The van der Waals surface area contributed by atoms with E-state index >= 15 is 0 Å². The number of anilines is 1. The van der Waals surface area contributed by atoms with Gasteiger partial charge in [0.1, 0.15) is 6.04 Å². The van der Waals surface area contributed by atoms with E-state index in [4.69, 9.17) is 23.2 Å². The smallest absolute Gasteiger partial charge is 0.248 e. The Morgan fingerprint density at radius 1 is 1.27 bits per heavy atom. The number of nitrogens with zero attached hydrogens (tertiary/aromatic N) is 4. The second kappa shape index (κ2) is 5.26. The predicted molar refractivity (Wildman–Crippen MR) is 85.4 cm³/mol. The molecule has 1 aromatic heterocycles. The molecule has 6 nitrogen and oxygen atoms in total. The average molecular weight is 354 g/mol. The van der Waals surface area contributed by atoms with Gasteiger partial charge in [-0.25, -0.2) is 0 Å². The third kappa shape index (κ3) is 2.12. The van der Waals surface area contributed by atoms with Crippen LogP contribution in [-0.4, -0.2) is 37.5 Å². The Labute approximate surface area is 139 Å². The first-order chi connectivity index (χ1) is 10.6. The van der Waals surface area contributed by atoms with E-state index in [1.807, 2.05) is 6.07 Å². The maximum atomic E-state index is 12.4. The Balaban J connectivity index is 1.92. The summed E-state index contributed by atoms with van der Waals surface area (Å²) in [4.78, 5) is 12.4. The molecular formula is C13H9Cl2N5OS. The third-order valence-corrected chi connectivity index (χ3v) is 5.34. The van der Waals surface area contributed by atoms with E-state index in [1.165, 1.54) is 0 Å². The minimum atomic E-state index is -0.385. The van der Waals surface area contributed by atoms with Crippen LogP contribution in [0.15, 0.2) is 29.5 Å². The van der Waals surface area contributed by atoms with Crippen LogP contribution in [-0.2, 0) is 4.79 Å². The summed E-state index contributed by atoms with van der Waals surface area (Å²) in [6.45, 7) is 0. The Bertz CT molecular complexity index is 819. The van der Waals surface area contributed by atoms with Gasteiger partial charge in [-0.3, -0.25) is 4.79 Å². The molecule has 0 amide bonds. The van der Waals surface area contributed by atoms with Gasteiger partial charge in [0.25, 0.3) is 0 Å². The van der Waals surface area contributed by atoms with E-state index in [0.29, 0.717) is 27.3 Å². The summed E-state index contributed by atoms with van der Waals surface area (Å²) < 4.78 is 1.60. The van der Waals surface area contributed by atoms with E-state index in [-0.39, 0.29) is 11.8 Å². The maximum absolute atomic E-state index is 12.4. The fourth-order valence-corrected chi connectivity index (χ4v) is 3.87. The van der Waals surface area contributed by atoms with Gasteiger partial charge in [-0.2, -0.15) is 4.68 Å². The van der Waals surface area contributed by atoms with Crippen molar-refractivity contribution >= 4 is 46.7 Å². The Morgan fingerprint density at radius 2 is 2.14 bits per heavy atom. The topological polar surface area (TPSA) is 72.7 Å². The summed E-state index contributed by atoms with van der Waals surface area (Å²) >= 11 is 13.7. The molecule has 1 unspecified atom stereocenters. The van der Waals surface area contributed by atoms with Crippen molar-refractivity contribution in [1.82, 2.24) is 20.2 Å². The zero-order valence-corrected chi connectivity index (χ0v) is 13.4. The fraction of sp³-hybridized carbons (Fsp3) is 0.231. The van der Waals surface area contributed by atoms with Crippen molar-refractivity contribution in [3.05, 3.63) is 45.1 Å². The number of carbonyl (C=O) groups is 1. The number of benzene rings is 1. The molecule has 1 atom stereocenters. The van der Waals surface area contributed by atoms with Crippen LogP contribution in [0, 0.1) is 0 Å². The first-order valence-corrected chi connectivity index (χ1v) is 8.40. The summed E-state index contributed by atoms with van der Waals surface area (Å²) in [6, 6.07) is 4.93. The number of aromatic nitrogens is 4. The SMILES string of the molecule is O=C1CSCC2=C1C(c1ccc(Cl)c(Cl)c1)n1nnnc1N2. The lowest BCUT2D eigenvalue weighted by Gasteiger charge is -2.31. The lowest BCUT2D eigenvalue weighted by Crippen LogP contribution is -2.33. The van der Waals surface area contributed by atoms with Gasteiger partial charge in [0, 0.05) is 17.0 Å². The molecule has 0 saturated heterocycles. The number of allylic oxidation sites excluding steroid dienone is 1. The molecule has 1 N–H and O–H groups in total. The number of rotatable bonds is 1. The second-order valence-electron chi connectivity index (χ2n) is 4.96. The highest BCUT2D eigenvalue weighted by Gasteiger charge is 2.36. The molecule has 2 aliphatic heterocycles. The third-order valence-electron chi connectivity index (χ3n) is 3.64. The van der Waals surface area contributed by atoms with Crippen LogP contribution in [0.5, 0.6) is 0 Å². The Morgan fingerprint density at radius 3 is 2.95 bits per heavy atom. The molecule has 0 radical (unpaired) electrons. The number of nitrogens with one attached hydrogen (secondary N) is 1. The lowest BCUT2D eigenvalue weighted by molar-refractivity contribution is -0.113. The molecule has 9 heteroatoms. The van der Waals surface area contributed by atoms with E-state index in [9.17, 15) is 4.79 Å². The van der Waals surface area contributed by atoms with Crippen LogP contribution in [0.25, 0.3) is 0 Å². The van der Waals surface area contributed by atoms with Crippen LogP contribution in [0.2, 0.25) is 10.0 Å². The van der Waals surface area contributed by atoms with E-state index < -0.39 is 0 Å². The van der Waals surface area contributed by atoms with Crippen LogP contribution in [0.4, 0.5) is 5.95 Å². The van der Waals surface area contributed by atoms with E-state index in [0.717, 1.165) is 17.0 Å². The summed E-state index contributed by atoms with van der Waals surface area (Å²) in [5, 5.41) is 15.7. The molecule has 0 aliphatic carbocycles. The van der Waals surface area contributed by atoms with E-state index in [1.54, 1.807) is 28.6 Å². The molecule has 112 valence electrons. The van der Waals surface area contributed by atoms with Gasteiger partial charge in [0.05, 0.1) is 15.8 Å². The van der Waals surface area contributed by atoms with Crippen molar-refractivity contribution in [2.24, 2.45) is 0 Å². The minimum Gasteiger partial charge on any atom is -0.325 e. The number of tetrazole rings is 1. The minimum absolute atomic E-state index is 0.0796. The predicted octanol–water partition coefficient (Wildman–Crippen LogP) is 2.56. The zero-order chi connectivity index (χ0) is 15.3. The highest BCUT2D eigenvalue weighted by molar-refractivity contribution is 8.00. The van der Waals surface area contributed by atoms with Crippen molar-refractivity contribution in [1.29, 1.82) is 0 Å².